The molecule has 4 rings (SSSR count). The number of nitrogens with one attached hydrogen (secondary N) is 1. The predicted octanol–water partition coefficient (Wildman–Crippen LogP) is 1.83. The highest BCUT2D eigenvalue weighted by molar-refractivity contribution is 5.83. The van der Waals surface area contributed by atoms with Crippen molar-refractivity contribution in [1.29, 1.82) is 0 Å². The number of hydrogen-bond acceptors (Lipinski definition) is 5. The molecule has 3 heterocycles. The molecule has 1 aromatic heterocycles. The van der Waals surface area contributed by atoms with Crippen molar-refractivity contribution in [3.8, 4) is 11.5 Å². The first kappa shape index (κ1) is 16.9. The second kappa shape index (κ2) is 6.99. The molecule has 2 aromatic rings. The number of amides is 1. The summed E-state index contributed by atoms with van der Waals surface area (Å²) in [5, 5.41) is 0.851. The first-order valence-corrected chi connectivity index (χ1v) is 8.93. The molecular weight excluding hydrogens is 336 g/mol. The molecule has 1 N–H and O–H groups in total. The number of pyridine rings is 1. The number of rotatable bonds is 4. The zero-order chi connectivity index (χ0) is 18.1. The maximum atomic E-state index is 12.5. The third-order valence-corrected chi connectivity index (χ3v) is 4.84. The van der Waals surface area contributed by atoms with E-state index < -0.39 is 0 Å². The Hall–Kier alpha value is -2.54. The molecule has 1 atom stereocenters. The van der Waals surface area contributed by atoms with Gasteiger partial charge in [-0.1, -0.05) is 0 Å². The Morgan fingerprint density at radius 3 is 2.65 bits per heavy atom. The number of ether oxygens (including phenoxy) is 3. The summed E-state index contributed by atoms with van der Waals surface area (Å²) in [5.74, 6) is 1.24. The van der Waals surface area contributed by atoms with Gasteiger partial charge >= 0.3 is 0 Å². The van der Waals surface area contributed by atoms with E-state index in [2.05, 4.69) is 4.98 Å². The van der Waals surface area contributed by atoms with Gasteiger partial charge in [-0.25, -0.2) is 0 Å². The third kappa shape index (κ3) is 3.39. The minimum atomic E-state index is -0.201. The molecule has 0 saturated carbocycles. The number of aromatic amines is 1. The molecule has 7 heteroatoms. The van der Waals surface area contributed by atoms with Crippen molar-refractivity contribution in [3.05, 3.63) is 34.1 Å². The van der Waals surface area contributed by atoms with Crippen LogP contribution < -0.4 is 15.0 Å². The second-order valence-electron chi connectivity index (χ2n) is 6.74. The molecule has 138 valence electrons. The number of benzene rings is 1. The molecule has 0 spiro atoms. The summed E-state index contributed by atoms with van der Waals surface area (Å²) in [6, 6.07) is 5.46. The highest BCUT2D eigenvalue weighted by Gasteiger charge is 2.22. The Morgan fingerprint density at radius 1 is 1.19 bits per heavy atom. The van der Waals surface area contributed by atoms with Crippen molar-refractivity contribution in [2.75, 3.05) is 26.4 Å². The first-order chi connectivity index (χ1) is 12.6. The van der Waals surface area contributed by atoms with Crippen LogP contribution in [0.4, 0.5) is 0 Å². The van der Waals surface area contributed by atoms with Crippen molar-refractivity contribution < 1.29 is 19.0 Å². The number of carbonyl (C=O) groups is 1. The van der Waals surface area contributed by atoms with Crippen molar-refractivity contribution in [1.82, 2.24) is 9.88 Å². The van der Waals surface area contributed by atoms with Gasteiger partial charge in [0.05, 0.1) is 18.2 Å². The molecular formula is C19H22N2O5. The van der Waals surface area contributed by atoms with Gasteiger partial charge < -0.3 is 24.1 Å². The van der Waals surface area contributed by atoms with Crippen LogP contribution in [-0.2, 0) is 16.1 Å². The molecule has 2 aliphatic heterocycles. The zero-order valence-corrected chi connectivity index (χ0v) is 14.7. The van der Waals surface area contributed by atoms with Gasteiger partial charge in [0.2, 0.25) is 5.91 Å². The van der Waals surface area contributed by atoms with Crippen LogP contribution in [0.15, 0.2) is 23.0 Å². The number of aromatic nitrogens is 1. The maximum absolute atomic E-state index is 12.5. The second-order valence-corrected chi connectivity index (χ2v) is 6.74. The largest absolute Gasteiger partial charge is 0.486 e. The van der Waals surface area contributed by atoms with E-state index in [0.717, 1.165) is 24.8 Å². The normalized spacial score (nSPS) is 18.9. The number of hydrogen-bond donors (Lipinski definition) is 1. The molecule has 1 aromatic carbocycles. The average Bonchev–Trinajstić information content (AvgIpc) is 3.13. The molecule has 1 amide bonds. The maximum Gasteiger partial charge on any atom is 0.253 e. The van der Waals surface area contributed by atoms with Gasteiger partial charge in [0.25, 0.3) is 5.56 Å². The topological polar surface area (TPSA) is 80.9 Å². The van der Waals surface area contributed by atoms with Gasteiger partial charge in [0.15, 0.2) is 11.5 Å². The number of fused-ring (bicyclic) bond motifs is 2. The molecule has 0 unspecified atom stereocenters. The molecule has 0 radical (unpaired) electrons. The van der Waals surface area contributed by atoms with E-state index in [1.165, 1.54) is 6.92 Å². The lowest BCUT2D eigenvalue weighted by Gasteiger charge is -2.24. The predicted molar refractivity (Wildman–Crippen MR) is 95.6 cm³/mol. The fourth-order valence-corrected chi connectivity index (χ4v) is 3.45. The molecule has 1 saturated heterocycles. The molecule has 1 fully saturated rings. The van der Waals surface area contributed by atoms with Gasteiger partial charge in [0, 0.05) is 37.1 Å². The standard InChI is InChI=1S/C19H22N2O5/c1-12(22)21(11-15-3-2-4-24-15)10-14-7-13-8-17-18(26-6-5-25-17)9-16(13)20-19(14)23/h7-9,15H,2-6,10-11H2,1H3,(H,20,23)/t15-/m1/s1. The Balaban J connectivity index is 1.63. The van der Waals surface area contributed by atoms with Gasteiger partial charge in [-0.2, -0.15) is 0 Å². The van der Waals surface area contributed by atoms with Crippen LogP contribution in [0.5, 0.6) is 11.5 Å². The summed E-state index contributed by atoms with van der Waals surface area (Å²) >= 11 is 0. The van der Waals surface area contributed by atoms with E-state index in [0.29, 0.717) is 42.3 Å². The molecule has 7 nitrogen and oxygen atoms in total. The Morgan fingerprint density at radius 2 is 1.96 bits per heavy atom. The van der Waals surface area contributed by atoms with Crippen LogP contribution in [0.3, 0.4) is 0 Å². The van der Waals surface area contributed by atoms with Gasteiger partial charge in [-0.3, -0.25) is 9.59 Å². The van der Waals surface area contributed by atoms with Gasteiger partial charge in [-0.05, 0) is 25.0 Å². The summed E-state index contributed by atoms with van der Waals surface area (Å²) in [4.78, 5) is 29.1. The third-order valence-electron chi connectivity index (χ3n) is 4.84. The minimum Gasteiger partial charge on any atom is -0.486 e. The smallest absolute Gasteiger partial charge is 0.253 e. The van der Waals surface area contributed by atoms with Crippen LogP contribution in [0.1, 0.15) is 25.3 Å². The Labute approximate surface area is 150 Å². The lowest BCUT2D eigenvalue weighted by molar-refractivity contribution is -0.131. The SMILES string of the molecule is CC(=O)N(Cc1cc2cc3c(cc2[nH]c1=O)OCCO3)C[C@H]1CCCO1. The van der Waals surface area contributed by atoms with Crippen LogP contribution in [0.25, 0.3) is 10.9 Å². The van der Waals surface area contributed by atoms with Gasteiger partial charge in [0.1, 0.15) is 13.2 Å². The number of H-pyrrole nitrogens is 1. The summed E-state index contributed by atoms with van der Waals surface area (Å²) in [7, 11) is 0. The lowest BCUT2D eigenvalue weighted by atomic mass is 10.1. The van der Waals surface area contributed by atoms with E-state index in [-0.39, 0.29) is 24.1 Å². The van der Waals surface area contributed by atoms with Crippen molar-refractivity contribution in [3.63, 3.8) is 0 Å². The van der Waals surface area contributed by atoms with E-state index in [1.807, 2.05) is 12.1 Å². The molecule has 26 heavy (non-hydrogen) atoms. The van der Waals surface area contributed by atoms with Crippen molar-refractivity contribution >= 4 is 16.8 Å². The van der Waals surface area contributed by atoms with Crippen LogP contribution in [-0.4, -0.2) is 48.3 Å². The summed E-state index contributed by atoms with van der Waals surface area (Å²) in [5.41, 5.74) is 1.03. The fraction of sp³-hybridized carbons (Fsp3) is 0.474. The van der Waals surface area contributed by atoms with Crippen LogP contribution in [0, 0.1) is 0 Å². The summed E-state index contributed by atoms with van der Waals surface area (Å²) in [6.45, 7) is 4.03. The van der Waals surface area contributed by atoms with Crippen LogP contribution >= 0.6 is 0 Å². The van der Waals surface area contributed by atoms with Gasteiger partial charge in [-0.15, -0.1) is 0 Å². The van der Waals surface area contributed by atoms with E-state index in [1.54, 1.807) is 11.0 Å². The molecule has 0 aliphatic carbocycles. The first-order valence-electron chi connectivity index (χ1n) is 8.93. The lowest BCUT2D eigenvalue weighted by Crippen LogP contribution is -2.36. The highest BCUT2D eigenvalue weighted by Crippen LogP contribution is 2.33. The minimum absolute atomic E-state index is 0.0519. The van der Waals surface area contributed by atoms with E-state index in [9.17, 15) is 9.59 Å². The summed E-state index contributed by atoms with van der Waals surface area (Å²) < 4.78 is 16.8. The zero-order valence-electron chi connectivity index (χ0n) is 14.7. The van der Waals surface area contributed by atoms with E-state index in [4.69, 9.17) is 14.2 Å². The van der Waals surface area contributed by atoms with Crippen LogP contribution in [0.2, 0.25) is 0 Å². The molecule has 2 aliphatic rings. The average molecular weight is 358 g/mol. The number of nitrogens with zero attached hydrogens (tertiary/aromatic N) is 1. The fourth-order valence-electron chi connectivity index (χ4n) is 3.45. The Bertz CT molecular complexity index is 885. The van der Waals surface area contributed by atoms with E-state index >= 15 is 0 Å². The highest BCUT2D eigenvalue weighted by atomic mass is 16.6. The number of carbonyl (C=O) groups excluding carboxylic acids is 1. The monoisotopic (exact) mass is 358 g/mol. The summed E-state index contributed by atoms with van der Waals surface area (Å²) in [6.07, 6.45) is 2.01. The van der Waals surface area contributed by atoms with Crippen molar-refractivity contribution in [2.45, 2.75) is 32.4 Å². The van der Waals surface area contributed by atoms with Crippen molar-refractivity contribution in [2.24, 2.45) is 0 Å². The molecule has 0 bridgehead atoms. The quantitative estimate of drug-likeness (QED) is 0.902. The Kier molecular flexibility index (Phi) is 4.55.